The molecule has 0 radical (unpaired) electrons. The van der Waals surface area contributed by atoms with E-state index in [-0.39, 0.29) is 17.7 Å². The van der Waals surface area contributed by atoms with E-state index in [1.54, 1.807) is 0 Å². The molecule has 1 heterocycles. The van der Waals surface area contributed by atoms with Crippen LogP contribution in [0.5, 0.6) is 0 Å². The summed E-state index contributed by atoms with van der Waals surface area (Å²) in [5.74, 6) is -1.90. The lowest BCUT2D eigenvalue weighted by molar-refractivity contribution is -0.181. The number of carboxylic acid groups (broad SMARTS) is 1. The van der Waals surface area contributed by atoms with E-state index in [4.69, 9.17) is 4.42 Å². The second kappa shape index (κ2) is 5.01. The summed E-state index contributed by atoms with van der Waals surface area (Å²) in [6.07, 6.45) is -0.436. The Labute approximate surface area is 129 Å². The quantitative estimate of drug-likeness (QED) is 0.832. The van der Waals surface area contributed by atoms with Gasteiger partial charge in [-0.25, -0.2) is 0 Å². The maximum Gasteiger partial charge on any atom is 0.419 e. The Morgan fingerprint density at radius 2 is 1.96 bits per heavy atom. The molecule has 126 valence electrons. The molecule has 0 aromatic carbocycles. The predicted octanol–water partition coefficient (Wildman–Crippen LogP) is 2.95. The molecule has 0 bridgehead atoms. The SMILES string of the molecule is O=C(O)C1(C(=O)NCc2cc(C(F)(F)F)co2)CC2(CCC2)C1. The van der Waals surface area contributed by atoms with Crippen molar-refractivity contribution in [2.24, 2.45) is 10.8 Å². The van der Waals surface area contributed by atoms with Crippen molar-refractivity contribution in [3.63, 3.8) is 0 Å². The van der Waals surface area contributed by atoms with Crippen molar-refractivity contribution >= 4 is 11.9 Å². The molecule has 0 saturated heterocycles. The zero-order chi connectivity index (χ0) is 16.9. The lowest BCUT2D eigenvalue weighted by Gasteiger charge is -2.58. The highest BCUT2D eigenvalue weighted by Crippen LogP contribution is 2.64. The van der Waals surface area contributed by atoms with Crippen LogP contribution in [0.15, 0.2) is 16.7 Å². The van der Waals surface area contributed by atoms with Gasteiger partial charge in [0.05, 0.1) is 12.1 Å². The Hall–Kier alpha value is -1.99. The second-order valence-corrected chi connectivity index (χ2v) is 6.58. The maximum absolute atomic E-state index is 12.5. The van der Waals surface area contributed by atoms with Crippen molar-refractivity contribution < 1.29 is 32.3 Å². The van der Waals surface area contributed by atoms with Gasteiger partial charge in [-0.3, -0.25) is 9.59 Å². The summed E-state index contributed by atoms with van der Waals surface area (Å²) >= 11 is 0. The number of carbonyl (C=O) groups is 2. The van der Waals surface area contributed by atoms with E-state index in [1.807, 2.05) is 0 Å². The smallest absolute Gasteiger partial charge is 0.419 e. The molecule has 2 fully saturated rings. The number of carbonyl (C=O) groups excluding carboxylic acids is 1. The van der Waals surface area contributed by atoms with Crippen LogP contribution in [0.2, 0.25) is 0 Å². The van der Waals surface area contributed by atoms with Crippen LogP contribution in [-0.2, 0) is 22.3 Å². The number of alkyl halides is 3. The minimum atomic E-state index is -4.52. The van der Waals surface area contributed by atoms with Gasteiger partial charge in [0, 0.05) is 0 Å². The first-order chi connectivity index (χ1) is 10.7. The van der Waals surface area contributed by atoms with Crippen LogP contribution in [0.3, 0.4) is 0 Å². The Morgan fingerprint density at radius 1 is 1.30 bits per heavy atom. The number of hydrogen-bond acceptors (Lipinski definition) is 3. The average molecular weight is 331 g/mol. The summed E-state index contributed by atoms with van der Waals surface area (Å²) < 4.78 is 42.2. The van der Waals surface area contributed by atoms with E-state index in [0.717, 1.165) is 25.3 Å². The monoisotopic (exact) mass is 331 g/mol. The van der Waals surface area contributed by atoms with Gasteiger partial charge in [0.25, 0.3) is 0 Å². The predicted molar refractivity (Wildman–Crippen MR) is 71.1 cm³/mol. The van der Waals surface area contributed by atoms with E-state index in [0.29, 0.717) is 19.1 Å². The van der Waals surface area contributed by atoms with Gasteiger partial charge in [-0.05, 0) is 37.2 Å². The Morgan fingerprint density at radius 3 is 2.39 bits per heavy atom. The van der Waals surface area contributed by atoms with Crippen LogP contribution in [0.1, 0.15) is 43.4 Å². The lowest BCUT2D eigenvalue weighted by atomic mass is 9.45. The van der Waals surface area contributed by atoms with Crippen molar-refractivity contribution in [1.29, 1.82) is 0 Å². The molecule has 1 amide bonds. The van der Waals surface area contributed by atoms with Crippen LogP contribution < -0.4 is 5.32 Å². The Kier molecular flexibility index (Phi) is 3.46. The molecule has 8 heteroatoms. The molecule has 0 unspecified atom stereocenters. The summed E-state index contributed by atoms with van der Waals surface area (Å²) in [6.45, 7) is -0.267. The number of amides is 1. The molecule has 1 aromatic heterocycles. The fraction of sp³-hybridized carbons (Fsp3) is 0.600. The summed E-state index contributed by atoms with van der Waals surface area (Å²) in [5, 5.41) is 11.8. The number of rotatable bonds is 4. The van der Waals surface area contributed by atoms with Gasteiger partial charge < -0.3 is 14.8 Å². The summed E-state index contributed by atoms with van der Waals surface area (Å²) in [4.78, 5) is 23.7. The molecular formula is C15H16F3NO4. The molecule has 2 aliphatic rings. The number of halogens is 3. The van der Waals surface area contributed by atoms with Gasteiger partial charge in [0.15, 0.2) is 0 Å². The molecule has 0 atom stereocenters. The molecule has 1 aromatic rings. The molecule has 2 aliphatic carbocycles. The number of nitrogens with one attached hydrogen (secondary N) is 1. The summed E-state index contributed by atoms with van der Waals surface area (Å²) in [5.41, 5.74) is -2.42. The van der Waals surface area contributed by atoms with Crippen molar-refractivity contribution in [3.8, 4) is 0 Å². The maximum atomic E-state index is 12.5. The van der Waals surface area contributed by atoms with E-state index in [9.17, 15) is 27.9 Å². The highest BCUT2D eigenvalue weighted by Gasteiger charge is 2.64. The first-order valence-corrected chi connectivity index (χ1v) is 7.33. The molecule has 1 spiro atoms. The van der Waals surface area contributed by atoms with Gasteiger partial charge in [0.2, 0.25) is 5.91 Å². The fourth-order valence-electron chi connectivity index (χ4n) is 3.63. The van der Waals surface area contributed by atoms with Gasteiger partial charge >= 0.3 is 12.1 Å². The van der Waals surface area contributed by atoms with Crippen molar-refractivity contribution in [1.82, 2.24) is 5.32 Å². The Bertz CT molecular complexity index is 637. The second-order valence-electron chi connectivity index (χ2n) is 6.58. The zero-order valence-corrected chi connectivity index (χ0v) is 12.2. The largest absolute Gasteiger partial charge is 0.480 e. The summed E-state index contributed by atoms with van der Waals surface area (Å²) in [7, 11) is 0. The first kappa shape index (κ1) is 15.9. The topological polar surface area (TPSA) is 79.5 Å². The van der Waals surface area contributed by atoms with E-state index >= 15 is 0 Å². The number of hydrogen-bond donors (Lipinski definition) is 2. The third-order valence-electron chi connectivity index (χ3n) is 5.02. The molecule has 3 rings (SSSR count). The average Bonchev–Trinajstić information content (AvgIpc) is 2.81. The number of furan rings is 1. The van der Waals surface area contributed by atoms with Crippen LogP contribution in [0, 0.1) is 10.8 Å². The van der Waals surface area contributed by atoms with Crippen molar-refractivity contribution in [2.75, 3.05) is 0 Å². The van der Waals surface area contributed by atoms with Gasteiger partial charge in [-0.1, -0.05) is 6.42 Å². The molecule has 2 N–H and O–H groups in total. The van der Waals surface area contributed by atoms with Crippen LogP contribution in [0.4, 0.5) is 13.2 Å². The molecule has 0 aliphatic heterocycles. The molecular weight excluding hydrogens is 315 g/mol. The molecule has 23 heavy (non-hydrogen) atoms. The van der Waals surface area contributed by atoms with Gasteiger partial charge in [-0.2, -0.15) is 13.2 Å². The van der Waals surface area contributed by atoms with Crippen LogP contribution >= 0.6 is 0 Å². The fourth-order valence-corrected chi connectivity index (χ4v) is 3.63. The standard InChI is InChI=1S/C15H16F3NO4/c16-15(17,18)9-4-10(23-6-9)5-19-11(20)14(12(21)22)7-13(8-14)2-1-3-13/h4,6H,1-3,5,7-8H2,(H,19,20)(H,21,22). The Balaban J connectivity index is 1.62. The summed E-state index contributed by atoms with van der Waals surface area (Å²) in [6, 6.07) is 0.794. The van der Waals surface area contributed by atoms with Crippen LogP contribution in [-0.4, -0.2) is 17.0 Å². The molecule has 2 saturated carbocycles. The minimum Gasteiger partial charge on any atom is -0.480 e. The van der Waals surface area contributed by atoms with E-state index in [1.165, 1.54) is 0 Å². The highest BCUT2D eigenvalue weighted by atomic mass is 19.4. The van der Waals surface area contributed by atoms with Gasteiger partial charge in [-0.15, -0.1) is 0 Å². The highest BCUT2D eigenvalue weighted by molar-refractivity contribution is 6.03. The van der Waals surface area contributed by atoms with E-state index < -0.39 is 29.0 Å². The third-order valence-corrected chi connectivity index (χ3v) is 5.02. The van der Waals surface area contributed by atoms with E-state index in [2.05, 4.69) is 5.32 Å². The molecule has 5 nitrogen and oxygen atoms in total. The van der Waals surface area contributed by atoms with Gasteiger partial charge in [0.1, 0.15) is 17.4 Å². The zero-order valence-electron chi connectivity index (χ0n) is 12.2. The number of carboxylic acids is 1. The normalized spacial score (nSPS) is 21.3. The van der Waals surface area contributed by atoms with Crippen molar-refractivity contribution in [3.05, 3.63) is 23.7 Å². The first-order valence-electron chi connectivity index (χ1n) is 7.33. The lowest BCUT2D eigenvalue weighted by Crippen LogP contribution is -2.61. The minimum absolute atomic E-state index is 0.0239. The van der Waals surface area contributed by atoms with Crippen molar-refractivity contribution in [2.45, 2.75) is 44.8 Å². The number of aliphatic carboxylic acids is 1. The third kappa shape index (κ3) is 2.60. The van der Waals surface area contributed by atoms with Crippen LogP contribution in [0.25, 0.3) is 0 Å².